The van der Waals surface area contributed by atoms with Gasteiger partial charge in [-0.15, -0.1) is 0 Å². The smallest absolute Gasteiger partial charge is 0.219 e. The Labute approximate surface area is 86.1 Å². The maximum Gasteiger partial charge on any atom is 0.219 e. The van der Waals surface area contributed by atoms with Gasteiger partial charge in [0.05, 0.1) is 0 Å². The molecule has 3 heteroatoms. The molecule has 3 fully saturated rings. The highest BCUT2D eigenvalue weighted by Gasteiger charge is 2.34. The van der Waals surface area contributed by atoms with E-state index in [4.69, 9.17) is 0 Å². The van der Waals surface area contributed by atoms with Crippen molar-refractivity contribution in [2.45, 2.75) is 45.2 Å². The first-order valence-corrected chi connectivity index (χ1v) is 5.73. The summed E-state index contributed by atoms with van der Waals surface area (Å²) in [5, 5.41) is 0. The molecule has 80 valence electrons. The summed E-state index contributed by atoms with van der Waals surface area (Å²) in [5.74, 6) is 0.261. The third-order valence-corrected chi connectivity index (χ3v) is 3.74. The number of fused-ring (bicyclic) bond motifs is 4. The molecule has 3 aliphatic heterocycles. The average Bonchev–Trinajstić information content (AvgIpc) is 2.46. The number of amides is 1. The standard InChI is InChI=1S/C11H20N2O/c1-3-10-8-13(9(2)14)11-4-6-12(10)7-5-11/h10-11H,3-8H2,1-2H3. The number of hydrogen-bond donors (Lipinski definition) is 0. The van der Waals surface area contributed by atoms with Crippen LogP contribution in [0.25, 0.3) is 0 Å². The first-order chi connectivity index (χ1) is 6.72. The van der Waals surface area contributed by atoms with Crippen LogP contribution in [-0.2, 0) is 4.79 Å². The lowest BCUT2D eigenvalue weighted by molar-refractivity contribution is -0.131. The van der Waals surface area contributed by atoms with Crippen LogP contribution in [0.2, 0.25) is 0 Å². The fraction of sp³-hybridized carbons (Fsp3) is 0.909. The van der Waals surface area contributed by atoms with E-state index in [1.165, 1.54) is 25.9 Å². The van der Waals surface area contributed by atoms with E-state index in [0.717, 1.165) is 13.0 Å². The Morgan fingerprint density at radius 2 is 2.00 bits per heavy atom. The third-order valence-electron chi connectivity index (χ3n) is 3.74. The summed E-state index contributed by atoms with van der Waals surface area (Å²) in [6, 6.07) is 1.13. The summed E-state index contributed by atoms with van der Waals surface area (Å²) in [4.78, 5) is 16.2. The van der Waals surface area contributed by atoms with Crippen molar-refractivity contribution in [3.8, 4) is 0 Å². The summed E-state index contributed by atoms with van der Waals surface area (Å²) >= 11 is 0. The summed E-state index contributed by atoms with van der Waals surface area (Å²) in [6.07, 6.45) is 3.52. The largest absolute Gasteiger partial charge is 0.338 e. The van der Waals surface area contributed by atoms with E-state index < -0.39 is 0 Å². The van der Waals surface area contributed by atoms with E-state index in [1.807, 2.05) is 0 Å². The third kappa shape index (κ3) is 1.65. The van der Waals surface area contributed by atoms with Gasteiger partial charge in [0.25, 0.3) is 0 Å². The van der Waals surface area contributed by atoms with Crippen LogP contribution in [0.3, 0.4) is 0 Å². The molecule has 14 heavy (non-hydrogen) atoms. The summed E-state index contributed by atoms with van der Waals surface area (Å²) in [5.41, 5.74) is 0. The molecule has 3 heterocycles. The van der Waals surface area contributed by atoms with Crippen molar-refractivity contribution < 1.29 is 4.79 Å². The first kappa shape index (κ1) is 9.97. The predicted molar refractivity (Wildman–Crippen MR) is 56.1 cm³/mol. The molecule has 0 aromatic heterocycles. The second kappa shape index (κ2) is 3.89. The van der Waals surface area contributed by atoms with Gasteiger partial charge in [-0.25, -0.2) is 0 Å². The molecule has 1 atom stereocenters. The first-order valence-electron chi connectivity index (χ1n) is 5.73. The number of hydrogen-bond acceptors (Lipinski definition) is 2. The van der Waals surface area contributed by atoms with E-state index in [1.54, 1.807) is 6.92 Å². The summed E-state index contributed by atoms with van der Waals surface area (Å²) in [6.45, 7) is 7.26. The Morgan fingerprint density at radius 3 is 2.50 bits per heavy atom. The highest BCUT2D eigenvalue weighted by atomic mass is 16.2. The van der Waals surface area contributed by atoms with E-state index in [9.17, 15) is 4.79 Å². The topological polar surface area (TPSA) is 23.6 Å². The number of piperidine rings is 1. The molecule has 3 aliphatic rings. The molecule has 0 aromatic rings. The SMILES string of the molecule is CCC1CN(C(C)=O)C2CCN1CC2. The molecule has 3 nitrogen and oxygen atoms in total. The molecule has 0 aliphatic carbocycles. The van der Waals surface area contributed by atoms with Gasteiger partial charge in [-0.2, -0.15) is 0 Å². The second-order valence-corrected chi connectivity index (χ2v) is 4.50. The van der Waals surface area contributed by atoms with Crippen LogP contribution in [-0.4, -0.2) is 47.4 Å². The van der Waals surface area contributed by atoms with Gasteiger partial charge in [0.2, 0.25) is 5.91 Å². The van der Waals surface area contributed by atoms with Crippen LogP contribution in [0.4, 0.5) is 0 Å². The molecule has 1 amide bonds. The minimum Gasteiger partial charge on any atom is -0.338 e. The van der Waals surface area contributed by atoms with Gasteiger partial charge in [-0.1, -0.05) is 6.92 Å². The molecule has 0 aromatic carbocycles. The number of carbonyl (C=O) groups is 1. The van der Waals surface area contributed by atoms with Crippen LogP contribution in [0.15, 0.2) is 0 Å². The van der Waals surface area contributed by atoms with Crippen molar-refractivity contribution in [3.63, 3.8) is 0 Å². The van der Waals surface area contributed by atoms with Crippen molar-refractivity contribution in [1.29, 1.82) is 0 Å². The predicted octanol–water partition coefficient (Wildman–Crippen LogP) is 1.09. The highest BCUT2D eigenvalue weighted by molar-refractivity contribution is 5.73. The van der Waals surface area contributed by atoms with Gasteiger partial charge in [-0.3, -0.25) is 9.69 Å². The maximum atomic E-state index is 11.5. The van der Waals surface area contributed by atoms with Gasteiger partial charge in [0, 0.05) is 38.6 Å². The lowest BCUT2D eigenvalue weighted by atomic mass is 10.1. The molecule has 0 spiro atoms. The molecule has 0 radical (unpaired) electrons. The number of nitrogens with zero attached hydrogens (tertiary/aromatic N) is 2. The highest BCUT2D eigenvalue weighted by Crippen LogP contribution is 2.25. The van der Waals surface area contributed by atoms with Crippen LogP contribution < -0.4 is 0 Å². The van der Waals surface area contributed by atoms with Crippen LogP contribution in [0.5, 0.6) is 0 Å². The lowest BCUT2D eigenvalue weighted by Gasteiger charge is -2.31. The molecule has 3 rings (SSSR count). The van der Waals surface area contributed by atoms with Crippen molar-refractivity contribution in [3.05, 3.63) is 0 Å². The molecule has 0 saturated carbocycles. The Hall–Kier alpha value is -0.570. The van der Waals surface area contributed by atoms with Gasteiger partial charge in [0.15, 0.2) is 0 Å². The molecule has 0 N–H and O–H groups in total. The molecular formula is C11H20N2O. The van der Waals surface area contributed by atoms with Crippen molar-refractivity contribution >= 4 is 5.91 Å². The Balaban J connectivity index is 2.16. The molecular weight excluding hydrogens is 176 g/mol. The fourth-order valence-electron chi connectivity index (χ4n) is 2.83. The fourth-order valence-corrected chi connectivity index (χ4v) is 2.83. The molecule has 2 bridgehead atoms. The Bertz CT molecular complexity index is 221. The Kier molecular flexibility index (Phi) is 2.77. The molecule has 1 unspecified atom stereocenters. The zero-order valence-corrected chi connectivity index (χ0v) is 9.20. The monoisotopic (exact) mass is 196 g/mol. The molecule has 3 saturated heterocycles. The second-order valence-electron chi connectivity index (χ2n) is 4.50. The Morgan fingerprint density at radius 1 is 1.36 bits per heavy atom. The summed E-state index contributed by atoms with van der Waals surface area (Å²) in [7, 11) is 0. The van der Waals surface area contributed by atoms with Crippen molar-refractivity contribution in [1.82, 2.24) is 9.80 Å². The minimum atomic E-state index is 0.261. The van der Waals surface area contributed by atoms with Gasteiger partial charge < -0.3 is 4.90 Å². The van der Waals surface area contributed by atoms with Gasteiger partial charge >= 0.3 is 0 Å². The summed E-state index contributed by atoms with van der Waals surface area (Å²) < 4.78 is 0. The zero-order chi connectivity index (χ0) is 10.1. The van der Waals surface area contributed by atoms with Crippen LogP contribution in [0.1, 0.15) is 33.1 Å². The zero-order valence-electron chi connectivity index (χ0n) is 9.20. The van der Waals surface area contributed by atoms with E-state index in [-0.39, 0.29) is 5.91 Å². The quantitative estimate of drug-likeness (QED) is 0.627. The number of rotatable bonds is 1. The van der Waals surface area contributed by atoms with Crippen LogP contribution in [0, 0.1) is 0 Å². The van der Waals surface area contributed by atoms with Crippen molar-refractivity contribution in [2.24, 2.45) is 0 Å². The van der Waals surface area contributed by atoms with Gasteiger partial charge in [-0.05, 0) is 19.3 Å². The lowest BCUT2D eigenvalue weighted by Crippen LogP contribution is -2.40. The normalized spacial score (nSPS) is 37.0. The average molecular weight is 196 g/mol. The maximum absolute atomic E-state index is 11.5. The van der Waals surface area contributed by atoms with E-state index in [0.29, 0.717) is 12.1 Å². The minimum absolute atomic E-state index is 0.261. The number of carbonyl (C=O) groups excluding carboxylic acids is 1. The van der Waals surface area contributed by atoms with Gasteiger partial charge in [0.1, 0.15) is 0 Å². The van der Waals surface area contributed by atoms with Crippen molar-refractivity contribution in [2.75, 3.05) is 19.6 Å². The van der Waals surface area contributed by atoms with Crippen LogP contribution >= 0.6 is 0 Å². The van der Waals surface area contributed by atoms with E-state index in [2.05, 4.69) is 16.7 Å². The van der Waals surface area contributed by atoms with E-state index >= 15 is 0 Å².